The number of rotatable bonds is 8. The highest BCUT2D eigenvalue weighted by atomic mass is 16.5. The highest BCUT2D eigenvalue weighted by Crippen LogP contribution is 2.19. The minimum Gasteiger partial charge on any atom is -0.493 e. The van der Waals surface area contributed by atoms with Gasteiger partial charge < -0.3 is 19.8 Å². The Hall–Kier alpha value is -3.28. The molecule has 3 aromatic rings. The number of benzene rings is 2. The fraction of sp³-hybridized carbons (Fsp3) is 0.238. The van der Waals surface area contributed by atoms with Crippen molar-refractivity contribution >= 4 is 22.8 Å². The number of esters is 1. The fourth-order valence-electron chi connectivity index (χ4n) is 2.85. The second-order valence-corrected chi connectivity index (χ2v) is 5.96. The zero-order valence-electron chi connectivity index (χ0n) is 15.2. The van der Waals surface area contributed by atoms with Crippen LogP contribution in [0.4, 0.5) is 0 Å². The fourth-order valence-corrected chi connectivity index (χ4v) is 2.85. The second kappa shape index (κ2) is 8.89. The molecule has 0 aliphatic rings. The van der Waals surface area contributed by atoms with Gasteiger partial charge >= 0.3 is 5.97 Å². The van der Waals surface area contributed by atoms with Crippen molar-refractivity contribution in [3.63, 3.8) is 0 Å². The highest BCUT2D eigenvalue weighted by molar-refractivity contribution is 5.94. The molecule has 2 N–H and O–H groups in total. The number of hydrogen-bond acceptors (Lipinski definition) is 4. The van der Waals surface area contributed by atoms with Crippen molar-refractivity contribution < 1.29 is 19.1 Å². The summed E-state index contributed by atoms with van der Waals surface area (Å²) in [5.74, 6) is -0.465. The monoisotopic (exact) mass is 366 g/mol. The number of aromatic amines is 1. The van der Waals surface area contributed by atoms with E-state index >= 15 is 0 Å². The van der Waals surface area contributed by atoms with Crippen LogP contribution in [-0.4, -0.2) is 36.6 Å². The van der Waals surface area contributed by atoms with E-state index in [1.54, 1.807) is 24.3 Å². The molecule has 0 fully saturated rings. The number of carbonyl (C=O) groups excluding carboxylic acids is 2. The van der Waals surface area contributed by atoms with Gasteiger partial charge in [-0.1, -0.05) is 30.3 Å². The number of amides is 1. The normalized spacial score (nSPS) is 10.6. The molecule has 0 saturated carbocycles. The third kappa shape index (κ3) is 4.67. The Morgan fingerprint density at radius 1 is 1.07 bits per heavy atom. The Morgan fingerprint density at radius 3 is 2.70 bits per heavy atom. The molecule has 1 amide bonds. The van der Waals surface area contributed by atoms with Crippen LogP contribution in [0.15, 0.2) is 54.7 Å². The van der Waals surface area contributed by atoms with Crippen LogP contribution in [0.1, 0.15) is 22.8 Å². The Bertz CT molecular complexity index is 933. The number of hydrogen-bond donors (Lipinski definition) is 2. The molecular weight excluding hydrogens is 344 g/mol. The second-order valence-electron chi connectivity index (χ2n) is 5.96. The van der Waals surface area contributed by atoms with Crippen LogP contribution in [0.2, 0.25) is 0 Å². The van der Waals surface area contributed by atoms with E-state index in [1.165, 1.54) is 0 Å². The summed E-state index contributed by atoms with van der Waals surface area (Å²) in [7, 11) is 0. The standard InChI is InChI=1S/C21H22N2O4/c1-2-26-19-10-6-4-8-17(19)21(25)27-14-20(24)22-12-11-15-13-23-18-9-5-3-7-16(15)18/h3-10,13,23H,2,11-12,14H2,1H3,(H,22,24). The number of nitrogens with one attached hydrogen (secondary N) is 2. The predicted octanol–water partition coefficient (Wildman–Crippen LogP) is 3.08. The smallest absolute Gasteiger partial charge is 0.342 e. The molecule has 0 saturated heterocycles. The first-order valence-electron chi connectivity index (χ1n) is 8.89. The summed E-state index contributed by atoms with van der Waals surface area (Å²) in [6.45, 7) is 2.42. The minimum atomic E-state index is -0.578. The van der Waals surface area contributed by atoms with Crippen LogP contribution >= 0.6 is 0 Å². The topological polar surface area (TPSA) is 80.4 Å². The van der Waals surface area contributed by atoms with Gasteiger partial charge in [0, 0.05) is 23.6 Å². The first-order chi connectivity index (χ1) is 13.2. The van der Waals surface area contributed by atoms with Gasteiger partial charge in [-0.15, -0.1) is 0 Å². The van der Waals surface area contributed by atoms with E-state index in [-0.39, 0.29) is 12.5 Å². The third-order valence-corrected chi connectivity index (χ3v) is 4.13. The predicted molar refractivity (Wildman–Crippen MR) is 103 cm³/mol. The molecule has 2 aromatic carbocycles. The van der Waals surface area contributed by atoms with Crippen molar-refractivity contribution in [1.82, 2.24) is 10.3 Å². The van der Waals surface area contributed by atoms with E-state index in [9.17, 15) is 9.59 Å². The van der Waals surface area contributed by atoms with E-state index in [1.807, 2.05) is 37.4 Å². The molecule has 0 radical (unpaired) electrons. The van der Waals surface area contributed by atoms with Gasteiger partial charge in [-0.05, 0) is 37.1 Å². The molecule has 3 rings (SSSR count). The molecular formula is C21H22N2O4. The molecule has 6 nitrogen and oxygen atoms in total. The van der Waals surface area contributed by atoms with Crippen LogP contribution in [0.25, 0.3) is 10.9 Å². The lowest BCUT2D eigenvalue weighted by molar-refractivity contribution is -0.124. The quantitative estimate of drug-likeness (QED) is 0.601. The molecule has 0 spiro atoms. The average molecular weight is 366 g/mol. The van der Waals surface area contributed by atoms with E-state index in [2.05, 4.69) is 10.3 Å². The molecule has 1 aromatic heterocycles. The number of aromatic nitrogens is 1. The third-order valence-electron chi connectivity index (χ3n) is 4.13. The summed E-state index contributed by atoms with van der Waals surface area (Å²) < 4.78 is 10.5. The highest BCUT2D eigenvalue weighted by Gasteiger charge is 2.15. The Morgan fingerprint density at radius 2 is 1.85 bits per heavy atom. The summed E-state index contributed by atoms with van der Waals surface area (Å²) >= 11 is 0. The van der Waals surface area contributed by atoms with Crippen molar-refractivity contribution in [3.8, 4) is 5.75 Å². The van der Waals surface area contributed by atoms with Gasteiger partial charge in [0.15, 0.2) is 6.61 Å². The summed E-state index contributed by atoms with van der Waals surface area (Å²) in [4.78, 5) is 27.3. The molecule has 0 atom stereocenters. The van der Waals surface area contributed by atoms with Crippen LogP contribution in [0.3, 0.4) is 0 Å². The molecule has 140 valence electrons. The van der Waals surface area contributed by atoms with Crippen molar-refractivity contribution in [2.75, 3.05) is 19.8 Å². The SMILES string of the molecule is CCOc1ccccc1C(=O)OCC(=O)NCCc1c[nH]c2ccccc12. The first-order valence-corrected chi connectivity index (χ1v) is 8.89. The zero-order chi connectivity index (χ0) is 19.1. The van der Waals surface area contributed by atoms with Gasteiger partial charge in [0.05, 0.1) is 6.61 Å². The maximum absolute atomic E-state index is 12.2. The summed E-state index contributed by atoms with van der Waals surface area (Å²) in [6.07, 6.45) is 2.64. The lowest BCUT2D eigenvalue weighted by atomic mass is 10.1. The van der Waals surface area contributed by atoms with Crippen LogP contribution in [0, 0.1) is 0 Å². The van der Waals surface area contributed by atoms with Crippen molar-refractivity contribution in [2.45, 2.75) is 13.3 Å². The number of ether oxygens (including phenoxy) is 2. The average Bonchev–Trinajstić information content (AvgIpc) is 3.10. The van der Waals surface area contributed by atoms with Crippen LogP contribution in [-0.2, 0) is 16.0 Å². The maximum Gasteiger partial charge on any atom is 0.342 e. The number of H-pyrrole nitrogens is 1. The number of carbonyl (C=O) groups is 2. The largest absolute Gasteiger partial charge is 0.493 e. The van der Waals surface area contributed by atoms with Crippen LogP contribution in [0.5, 0.6) is 5.75 Å². The lowest BCUT2D eigenvalue weighted by Crippen LogP contribution is -2.30. The van der Waals surface area contributed by atoms with Gasteiger partial charge in [0.2, 0.25) is 0 Å². The lowest BCUT2D eigenvalue weighted by Gasteiger charge is -2.10. The number of fused-ring (bicyclic) bond motifs is 1. The summed E-state index contributed by atoms with van der Waals surface area (Å²) in [5.41, 5.74) is 2.51. The molecule has 0 unspecified atom stereocenters. The van der Waals surface area contributed by atoms with Gasteiger partial charge in [-0.2, -0.15) is 0 Å². The zero-order valence-corrected chi connectivity index (χ0v) is 15.2. The minimum absolute atomic E-state index is 0.311. The van der Waals surface area contributed by atoms with Crippen molar-refractivity contribution in [2.24, 2.45) is 0 Å². The summed E-state index contributed by atoms with van der Waals surface area (Å²) in [5, 5.41) is 3.92. The Kier molecular flexibility index (Phi) is 6.10. The molecule has 0 bridgehead atoms. The molecule has 1 heterocycles. The molecule has 27 heavy (non-hydrogen) atoms. The van der Waals surface area contributed by atoms with Crippen molar-refractivity contribution in [1.29, 1.82) is 0 Å². The molecule has 6 heteroatoms. The number of para-hydroxylation sites is 2. The van der Waals surface area contributed by atoms with Gasteiger partial charge in [-0.3, -0.25) is 4.79 Å². The van der Waals surface area contributed by atoms with E-state index in [0.29, 0.717) is 30.9 Å². The molecule has 0 aliphatic heterocycles. The van der Waals surface area contributed by atoms with Gasteiger partial charge in [0.1, 0.15) is 11.3 Å². The van der Waals surface area contributed by atoms with E-state index in [4.69, 9.17) is 9.47 Å². The summed E-state index contributed by atoms with van der Waals surface area (Å²) in [6, 6.07) is 14.8. The maximum atomic E-state index is 12.2. The Labute approximate surface area is 157 Å². The van der Waals surface area contributed by atoms with Gasteiger partial charge in [0.25, 0.3) is 5.91 Å². The Balaban J connectivity index is 1.46. The van der Waals surface area contributed by atoms with Crippen molar-refractivity contribution in [3.05, 3.63) is 65.9 Å². The van der Waals surface area contributed by atoms with E-state index < -0.39 is 5.97 Å². The van der Waals surface area contributed by atoms with E-state index in [0.717, 1.165) is 16.5 Å². The first kappa shape index (κ1) is 18.5. The van der Waals surface area contributed by atoms with Gasteiger partial charge in [-0.25, -0.2) is 4.79 Å². The van der Waals surface area contributed by atoms with Crippen LogP contribution < -0.4 is 10.1 Å². The molecule has 0 aliphatic carbocycles.